The third-order valence-electron chi connectivity index (χ3n) is 2.47. The Morgan fingerprint density at radius 1 is 1.26 bits per heavy atom. The predicted molar refractivity (Wildman–Crippen MR) is 68.1 cm³/mol. The van der Waals surface area contributed by atoms with Crippen LogP contribution >= 0.6 is 0 Å². The van der Waals surface area contributed by atoms with E-state index in [1.165, 1.54) is 6.07 Å². The average molecular weight is 264 g/mol. The van der Waals surface area contributed by atoms with Gasteiger partial charge in [0.25, 0.3) is 0 Å². The van der Waals surface area contributed by atoms with Gasteiger partial charge in [0.1, 0.15) is 6.29 Å². The van der Waals surface area contributed by atoms with Crippen LogP contribution in [0.4, 0.5) is 0 Å². The first kappa shape index (κ1) is 14.9. The van der Waals surface area contributed by atoms with Crippen molar-refractivity contribution in [2.75, 3.05) is 6.61 Å². The van der Waals surface area contributed by atoms with Gasteiger partial charge in [-0.15, -0.1) is 0 Å². The molecule has 0 radical (unpaired) electrons. The molecular formula is C14H16O5. The van der Waals surface area contributed by atoms with E-state index < -0.39 is 11.9 Å². The van der Waals surface area contributed by atoms with Gasteiger partial charge in [-0.25, -0.2) is 4.79 Å². The monoisotopic (exact) mass is 264 g/mol. The number of esters is 1. The Labute approximate surface area is 111 Å². The molecular weight excluding hydrogens is 248 g/mol. The molecule has 5 heteroatoms. The lowest BCUT2D eigenvalue weighted by molar-refractivity contribution is -0.136. The summed E-state index contributed by atoms with van der Waals surface area (Å²) in [5.41, 5.74) is 1.61. The first-order valence-electron chi connectivity index (χ1n) is 6.02. The van der Waals surface area contributed by atoms with Gasteiger partial charge in [-0.05, 0) is 36.6 Å². The summed E-state index contributed by atoms with van der Waals surface area (Å²) < 4.78 is 4.89. The molecule has 5 nitrogen and oxygen atoms in total. The third kappa shape index (κ3) is 4.91. The Morgan fingerprint density at radius 3 is 2.53 bits per heavy atom. The van der Waals surface area contributed by atoms with Gasteiger partial charge in [0.15, 0.2) is 0 Å². The number of aldehydes is 1. The van der Waals surface area contributed by atoms with E-state index in [9.17, 15) is 14.4 Å². The zero-order valence-corrected chi connectivity index (χ0v) is 10.7. The quantitative estimate of drug-likeness (QED) is 0.598. The fourth-order valence-electron chi connectivity index (χ4n) is 1.74. The summed E-state index contributed by atoms with van der Waals surface area (Å²) >= 11 is 0. The second-order valence-corrected chi connectivity index (χ2v) is 4.03. The van der Waals surface area contributed by atoms with Crippen molar-refractivity contribution in [1.82, 2.24) is 0 Å². The number of carbonyl (C=O) groups is 3. The van der Waals surface area contributed by atoms with Gasteiger partial charge in [0, 0.05) is 6.42 Å². The lowest BCUT2D eigenvalue weighted by Crippen LogP contribution is -2.08. The summed E-state index contributed by atoms with van der Waals surface area (Å²) in [6.07, 6.45) is 1.43. The molecule has 0 aliphatic carbocycles. The molecule has 0 bridgehead atoms. The van der Waals surface area contributed by atoms with Crippen LogP contribution < -0.4 is 0 Å². The first-order chi connectivity index (χ1) is 9.06. The highest BCUT2D eigenvalue weighted by molar-refractivity contribution is 5.90. The lowest BCUT2D eigenvalue weighted by Gasteiger charge is -2.07. The van der Waals surface area contributed by atoms with Crippen molar-refractivity contribution in [2.24, 2.45) is 0 Å². The number of rotatable bonds is 7. The number of aryl methyl sites for hydroxylation is 1. The van der Waals surface area contributed by atoms with Crippen LogP contribution in [0.1, 0.15) is 34.8 Å². The van der Waals surface area contributed by atoms with Crippen molar-refractivity contribution in [3.63, 3.8) is 0 Å². The maximum atomic E-state index is 11.7. The Bertz CT molecular complexity index is 479. The Morgan fingerprint density at radius 2 is 1.95 bits per heavy atom. The van der Waals surface area contributed by atoms with Crippen LogP contribution in [0.15, 0.2) is 18.2 Å². The van der Waals surface area contributed by atoms with Crippen LogP contribution in [-0.4, -0.2) is 29.9 Å². The second kappa shape index (κ2) is 7.31. The molecule has 0 amide bonds. The number of ether oxygens (including phenoxy) is 1. The van der Waals surface area contributed by atoms with Crippen LogP contribution in [-0.2, 0) is 27.2 Å². The van der Waals surface area contributed by atoms with Crippen molar-refractivity contribution in [3.8, 4) is 0 Å². The normalized spacial score (nSPS) is 9.95. The minimum atomic E-state index is -0.970. The van der Waals surface area contributed by atoms with E-state index >= 15 is 0 Å². The van der Waals surface area contributed by atoms with E-state index in [0.717, 1.165) is 11.8 Å². The minimum absolute atomic E-state index is 0.165. The Balaban J connectivity index is 3.03. The molecule has 102 valence electrons. The molecule has 0 saturated carbocycles. The molecule has 0 aliphatic rings. The highest BCUT2D eigenvalue weighted by Crippen LogP contribution is 2.14. The SMILES string of the molecule is CCOC(=O)c1cc(CCC=O)cc(CC(=O)O)c1. The standard InChI is InChI=1S/C14H16O5/c1-2-19-14(18)12-7-10(4-3-5-15)6-11(8-12)9-13(16)17/h5-8H,2-4,9H2,1H3,(H,16,17). The van der Waals surface area contributed by atoms with Gasteiger partial charge in [0.2, 0.25) is 0 Å². The van der Waals surface area contributed by atoms with E-state index in [2.05, 4.69) is 0 Å². The van der Waals surface area contributed by atoms with Gasteiger partial charge in [-0.2, -0.15) is 0 Å². The van der Waals surface area contributed by atoms with Crippen molar-refractivity contribution in [3.05, 3.63) is 34.9 Å². The smallest absolute Gasteiger partial charge is 0.338 e. The van der Waals surface area contributed by atoms with Crippen LogP contribution in [0.25, 0.3) is 0 Å². The van der Waals surface area contributed by atoms with Crippen LogP contribution in [0.2, 0.25) is 0 Å². The molecule has 1 N–H and O–H groups in total. The number of aliphatic carboxylic acids is 1. The number of carboxylic acid groups (broad SMARTS) is 1. The van der Waals surface area contributed by atoms with Crippen molar-refractivity contribution in [1.29, 1.82) is 0 Å². The van der Waals surface area contributed by atoms with Crippen molar-refractivity contribution < 1.29 is 24.2 Å². The molecule has 0 fully saturated rings. The van der Waals surface area contributed by atoms with Gasteiger partial charge in [-0.3, -0.25) is 4.79 Å². The number of carboxylic acids is 1. The van der Waals surface area contributed by atoms with E-state index in [4.69, 9.17) is 9.84 Å². The molecule has 0 heterocycles. The molecule has 19 heavy (non-hydrogen) atoms. The van der Waals surface area contributed by atoms with Crippen LogP contribution in [0.5, 0.6) is 0 Å². The maximum Gasteiger partial charge on any atom is 0.338 e. The largest absolute Gasteiger partial charge is 0.481 e. The molecule has 0 saturated heterocycles. The fraction of sp³-hybridized carbons (Fsp3) is 0.357. The number of hydrogen-bond donors (Lipinski definition) is 1. The summed E-state index contributed by atoms with van der Waals surface area (Å²) in [5.74, 6) is -1.45. The zero-order valence-electron chi connectivity index (χ0n) is 10.7. The van der Waals surface area contributed by atoms with Gasteiger partial charge in [-0.1, -0.05) is 6.07 Å². The van der Waals surface area contributed by atoms with Crippen molar-refractivity contribution >= 4 is 18.2 Å². The van der Waals surface area contributed by atoms with E-state index in [1.54, 1.807) is 19.1 Å². The number of carbonyl (C=O) groups excluding carboxylic acids is 2. The number of hydrogen-bond acceptors (Lipinski definition) is 4. The molecule has 1 aromatic rings. The molecule has 0 atom stereocenters. The van der Waals surface area contributed by atoms with Gasteiger partial charge < -0.3 is 14.6 Å². The summed E-state index contributed by atoms with van der Waals surface area (Å²) in [5, 5.41) is 8.79. The Kier molecular flexibility index (Phi) is 5.73. The van der Waals surface area contributed by atoms with Gasteiger partial charge in [0.05, 0.1) is 18.6 Å². The lowest BCUT2D eigenvalue weighted by atomic mass is 10.0. The highest BCUT2D eigenvalue weighted by Gasteiger charge is 2.11. The topological polar surface area (TPSA) is 80.7 Å². The summed E-state index contributed by atoms with van der Waals surface area (Å²) in [6, 6.07) is 4.84. The minimum Gasteiger partial charge on any atom is -0.481 e. The maximum absolute atomic E-state index is 11.7. The summed E-state index contributed by atoms with van der Waals surface area (Å²) in [7, 11) is 0. The Hall–Kier alpha value is -2.17. The van der Waals surface area contributed by atoms with E-state index in [-0.39, 0.29) is 13.0 Å². The van der Waals surface area contributed by atoms with Crippen molar-refractivity contribution in [2.45, 2.75) is 26.2 Å². The molecule has 1 aromatic carbocycles. The molecule has 0 aliphatic heterocycles. The van der Waals surface area contributed by atoms with Gasteiger partial charge >= 0.3 is 11.9 Å². The van der Waals surface area contributed by atoms with E-state index in [0.29, 0.717) is 24.0 Å². The second-order valence-electron chi connectivity index (χ2n) is 4.03. The average Bonchev–Trinajstić information content (AvgIpc) is 2.35. The summed E-state index contributed by atoms with van der Waals surface area (Å²) in [6.45, 7) is 1.96. The molecule has 1 rings (SSSR count). The molecule has 0 aromatic heterocycles. The van der Waals surface area contributed by atoms with Crippen LogP contribution in [0.3, 0.4) is 0 Å². The predicted octanol–water partition coefficient (Wildman–Crippen LogP) is 1.62. The third-order valence-corrected chi connectivity index (χ3v) is 2.47. The fourth-order valence-corrected chi connectivity index (χ4v) is 1.74. The summed E-state index contributed by atoms with van der Waals surface area (Å²) in [4.78, 5) is 32.8. The van der Waals surface area contributed by atoms with Crippen LogP contribution in [0, 0.1) is 0 Å². The van der Waals surface area contributed by atoms with E-state index in [1.807, 2.05) is 0 Å². The first-order valence-corrected chi connectivity index (χ1v) is 6.02. The zero-order chi connectivity index (χ0) is 14.3. The highest BCUT2D eigenvalue weighted by atomic mass is 16.5. The number of benzene rings is 1. The molecule has 0 spiro atoms. The molecule has 0 unspecified atom stereocenters.